The van der Waals surface area contributed by atoms with Crippen LogP contribution >= 0.6 is 27.3 Å². The molecule has 1 heterocycles. The van der Waals surface area contributed by atoms with Crippen LogP contribution in [0.25, 0.3) is 0 Å². The molecule has 0 aliphatic rings. The SMILES string of the molecule is CCN(CC(C)(C)O)c1nnc(Br)s1. The fraction of sp³-hybridized carbons (Fsp3) is 0.750. The number of anilines is 1. The molecule has 80 valence electrons. The quantitative estimate of drug-likeness (QED) is 0.915. The summed E-state index contributed by atoms with van der Waals surface area (Å²) in [5.41, 5.74) is -0.714. The van der Waals surface area contributed by atoms with Crippen molar-refractivity contribution >= 4 is 32.4 Å². The molecule has 0 amide bonds. The highest BCUT2D eigenvalue weighted by atomic mass is 79.9. The Labute approximate surface area is 96.1 Å². The van der Waals surface area contributed by atoms with Crippen molar-refractivity contribution in [2.24, 2.45) is 0 Å². The number of aromatic nitrogens is 2. The zero-order valence-electron chi connectivity index (χ0n) is 8.49. The summed E-state index contributed by atoms with van der Waals surface area (Å²) in [5.74, 6) is 0. The summed E-state index contributed by atoms with van der Waals surface area (Å²) >= 11 is 4.74. The predicted octanol–water partition coefficient (Wildman–Crippen LogP) is 1.90. The molecular formula is C8H14BrN3OS. The van der Waals surface area contributed by atoms with Crippen molar-refractivity contribution in [3.63, 3.8) is 0 Å². The molecule has 0 aliphatic carbocycles. The lowest BCUT2D eigenvalue weighted by Gasteiger charge is -2.27. The van der Waals surface area contributed by atoms with E-state index in [0.717, 1.165) is 15.6 Å². The van der Waals surface area contributed by atoms with Gasteiger partial charge in [0.05, 0.1) is 5.60 Å². The van der Waals surface area contributed by atoms with Gasteiger partial charge in [0.15, 0.2) is 3.92 Å². The topological polar surface area (TPSA) is 49.2 Å². The van der Waals surface area contributed by atoms with E-state index < -0.39 is 5.60 Å². The normalized spacial score (nSPS) is 11.8. The van der Waals surface area contributed by atoms with Gasteiger partial charge in [-0.15, -0.1) is 10.2 Å². The maximum absolute atomic E-state index is 9.69. The minimum Gasteiger partial charge on any atom is -0.389 e. The van der Waals surface area contributed by atoms with E-state index in [4.69, 9.17) is 0 Å². The second-order valence-electron chi connectivity index (χ2n) is 3.66. The van der Waals surface area contributed by atoms with Crippen LogP contribution in [0.4, 0.5) is 5.13 Å². The Morgan fingerprint density at radius 2 is 2.14 bits per heavy atom. The first-order valence-electron chi connectivity index (χ1n) is 4.38. The van der Waals surface area contributed by atoms with E-state index in [1.54, 1.807) is 13.8 Å². The van der Waals surface area contributed by atoms with Gasteiger partial charge in [-0.1, -0.05) is 11.3 Å². The molecule has 0 aliphatic heterocycles. The van der Waals surface area contributed by atoms with E-state index >= 15 is 0 Å². The number of nitrogens with zero attached hydrogens (tertiary/aromatic N) is 3. The molecule has 4 nitrogen and oxygen atoms in total. The van der Waals surface area contributed by atoms with Gasteiger partial charge in [0.1, 0.15) is 0 Å². The van der Waals surface area contributed by atoms with Gasteiger partial charge >= 0.3 is 0 Å². The minimum atomic E-state index is -0.714. The van der Waals surface area contributed by atoms with E-state index in [9.17, 15) is 5.11 Å². The van der Waals surface area contributed by atoms with Gasteiger partial charge in [0, 0.05) is 13.1 Å². The maximum Gasteiger partial charge on any atom is 0.209 e. The molecule has 1 aromatic heterocycles. The molecule has 0 bridgehead atoms. The highest BCUT2D eigenvalue weighted by Crippen LogP contribution is 2.24. The Balaban J connectivity index is 2.72. The number of hydrogen-bond donors (Lipinski definition) is 1. The Kier molecular flexibility index (Phi) is 3.86. The standard InChI is InChI=1S/C8H14BrN3OS/c1-4-12(5-8(2,3)13)7-11-10-6(9)14-7/h13H,4-5H2,1-3H3. The number of rotatable bonds is 4. The third-order valence-electron chi connectivity index (χ3n) is 1.62. The molecule has 0 saturated carbocycles. The molecule has 0 fully saturated rings. The zero-order chi connectivity index (χ0) is 10.8. The molecule has 0 unspecified atom stereocenters. The first-order valence-corrected chi connectivity index (χ1v) is 5.99. The summed E-state index contributed by atoms with van der Waals surface area (Å²) < 4.78 is 0.765. The van der Waals surface area contributed by atoms with Crippen molar-refractivity contribution in [2.45, 2.75) is 26.4 Å². The molecule has 0 aromatic carbocycles. The second-order valence-corrected chi connectivity index (χ2v) is 5.90. The Hall–Kier alpha value is -0.200. The number of hydrogen-bond acceptors (Lipinski definition) is 5. The summed E-state index contributed by atoms with van der Waals surface area (Å²) in [6.07, 6.45) is 0. The van der Waals surface area contributed by atoms with Crippen LogP contribution in [0.5, 0.6) is 0 Å². The highest BCUT2D eigenvalue weighted by molar-refractivity contribution is 9.11. The van der Waals surface area contributed by atoms with Gasteiger partial charge in [0.25, 0.3) is 0 Å². The smallest absolute Gasteiger partial charge is 0.209 e. The van der Waals surface area contributed by atoms with Crippen LogP contribution in [-0.4, -0.2) is 34.0 Å². The van der Waals surface area contributed by atoms with Gasteiger partial charge < -0.3 is 10.0 Å². The first kappa shape index (κ1) is 11.9. The summed E-state index contributed by atoms with van der Waals surface area (Å²) in [7, 11) is 0. The van der Waals surface area contributed by atoms with Crippen molar-refractivity contribution in [1.82, 2.24) is 10.2 Å². The maximum atomic E-state index is 9.69. The van der Waals surface area contributed by atoms with E-state index in [1.807, 2.05) is 11.8 Å². The largest absolute Gasteiger partial charge is 0.389 e. The summed E-state index contributed by atoms with van der Waals surface area (Å²) in [6, 6.07) is 0. The van der Waals surface area contributed by atoms with Crippen LogP contribution in [0.15, 0.2) is 3.92 Å². The third-order valence-corrected chi connectivity index (χ3v) is 3.04. The van der Waals surface area contributed by atoms with Crippen molar-refractivity contribution in [2.75, 3.05) is 18.0 Å². The lowest BCUT2D eigenvalue weighted by Crippen LogP contribution is -2.38. The van der Waals surface area contributed by atoms with Crippen molar-refractivity contribution in [3.05, 3.63) is 3.92 Å². The van der Waals surface area contributed by atoms with E-state index in [0.29, 0.717) is 6.54 Å². The average Bonchev–Trinajstić information content (AvgIpc) is 2.46. The molecule has 1 N–H and O–H groups in total. The predicted molar refractivity (Wildman–Crippen MR) is 61.8 cm³/mol. The Bertz CT molecular complexity index is 297. The fourth-order valence-electron chi connectivity index (χ4n) is 1.11. The van der Waals surface area contributed by atoms with E-state index in [-0.39, 0.29) is 0 Å². The monoisotopic (exact) mass is 279 g/mol. The van der Waals surface area contributed by atoms with E-state index in [2.05, 4.69) is 26.1 Å². The summed E-state index contributed by atoms with van der Waals surface area (Å²) in [6.45, 7) is 6.97. The molecule has 0 radical (unpaired) electrons. The lowest BCUT2D eigenvalue weighted by atomic mass is 10.1. The van der Waals surface area contributed by atoms with Gasteiger partial charge in [-0.2, -0.15) is 0 Å². The van der Waals surface area contributed by atoms with Crippen LogP contribution < -0.4 is 4.90 Å². The molecule has 6 heteroatoms. The average molecular weight is 280 g/mol. The van der Waals surface area contributed by atoms with Crippen molar-refractivity contribution < 1.29 is 5.11 Å². The van der Waals surface area contributed by atoms with Crippen molar-refractivity contribution in [1.29, 1.82) is 0 Å². The van der Waals surface area contributed by atoms with E-state index in [1.165, 1.54) is 11.3 Å². The van der Waals surface area contributed by atoms with Gasteiger partial charge in [-0.25, -0.2) is 0 Å². The number of likely N-dealkylation sites (N-methyl/N-ethyl adjacent to an activating group) is 1. The molecule has 0 atom stereocenters. The second kappa shape index (κ2) is 4.55. The highest BCUT2D eigenvalue weighted by Gasteiger charge is 2.19. The van der Waals surface area contributed by atoms with Crippen LogP contribution in [0, 0.1) is 0 Å². The summed E-state index contributed by atoms with van der Waals surface area (Å²) in [5, 5.41) is 18.4. The molecule has 14 heavy (non-hydrogen) atoms. The molecule has 1 aromatic rings. The van der Waals surface area contributed by atoms with Crippen molar-refractivity contribution in [3.8, 4) is 0 Å². The van der Waals surface area contributed by atoms with Crippen LogP contribution in [0.2, 0.25) is 0 Å². The lowest BCUT2D eigenvalue weighted by molar-refractivity contribution is 0.0875. The van der Waals surface area contributed by atoms with Crippen LogP contribution in [-0.2, 0) is 0 Å². The third kappa shape index (κ3) is 3.51. The number of aliphatic hydroxyl groups is 1. The van der Waals surface area contributed by atoms with Gasteiger partial charge in [-0.3, -0.25) is 0 Å². The van der Waals surface area contributed by atoms with Crippen LogP contribution in [0.1, 0.15) is 20.8 Å². The minimum absolute atomic E-state index is 0.561. The molecule has 0 saturated heterocycles. The number of halogens is 1. The fourth-order valence-corrected chi connectivity index (χ4v) is 2.26. The van der Waals surface area contributed by atoms with Gasteiger partial charge in [-0.05, 0) is 36.7 Å². The molecule has 0 spiro atoms. The molecular weight excluding hydrogens is 266 g/mol. The summed E-state index contributed by atoms with van der Waals surface area (Å²) in [4.78, 5) is 2.00. The van der Waals surface area contributed by atoms with Crippen LogP contribution in [0.3, 0.4) is 0 Å². The van der Waals surface area contributed by atoms with Gasteiger partial charge in [0.2, 0.25) is 5.13 Å². The Morgan fingerprint density at radius 3 is 2.50 bits per heavy atom. The first-order chi connectivity index (χ1) is 6.42. The Morgan fingerprint density at radius 1 is 1.50 bits per heavy atom. The zero-order valence-corrected chi connectivity index (χ0v) is 10.9. The molecule has 1 rings (SSSR count).